The number of aromatic nitrogens is 1. The molecule has 1 unspecified atom stereocenters. The minimum atomic E-state index is 0.117. The molecule has 0 amide bonds. The van der Waals surface area contributed by atoms with E-state index < -0.39 is 0 Å². The lowest BCUT2D eigenvalue weighted by molar-refractivity contribution is 0.242. The molecule has 2 aromatic rings. The summed E-state index contributed by atoms with van der Waals surface area (Å²) >= 11 is 4.58. The van der Waals surface area contributed by atoms with Gasteiger partial charge in [-0.15, -0.1) is 0 Å². The molecule has 0 aliphatic heterocycles. The van der Waals surface area contributed by atoms with Gasteiger partial charge in [0.1, 0.15) is 11.5 Å². The first-order valence-electron chi connectivity index (χ1n) is 7.62. The van der Waals surface area contributed by atoms with Crippen molar-refractivity contribution in [1.29, 1.82) is 0 Å². The summed E-state index contributed by atoms with van der Waals surface area (Å²) < 4.78 is 10.8. The number of nitrogens with zero attached hydrogens (tertiary/aromatic N) is 1. The highest BCUT2D eigenvalue weighted by molar-refractivity contribution is 7.80. The standard InChI is InChI=1S/C17H24N2O2S/c1-12(2)20-16-6-4-5-14(10-16)7-8-17(22)18-11-15-9-13(3)21-19-15/h4-6,9-10,12,17-18,22H,7-8,11H2,1-3H3. The van der Waals surface area contributed by atoms with Crippen molar-refractivity contribution in [3.05, 3.63) is 47.3 Å². The van der Waals surface area contributed by atoms with Crippen molar-refractivity contribution >= 4 is 12.6 Å². The number of nitrogens with one attached hydrogen (secondary N) is 1. The van der Waals surface area contributed by atoms with Gasteiger partial charge >= 0.3 is 0 Å². The Morgan fingerprint density at radius 3 is 2.82 bits per heavy atom. The van der Waals surface area contributed by atoms with E-state index in [2.05, 4.69) is 35.2 Å². The quantitative estimate of drug-likeness (QED) is 0.574. The third kappa shape index (κ3) is 5.73. The van der Waals surface area contributed by atoms with Crippen LogP contribution in [-0.2, 0) is 13.0 Å². The average Bonchev–Trinajstić information content (AvgIpc) is 2.88. The van der Waals surface area contributed by atoms with E-state index in [9.17, 15) is 0 Å². The minimum Gasteiger partial charge on any atom is -0.491 e. The monoisotopic (exact) mass is 320 g/mol. The average molecular weight is 320 g/mol. The van der Waals surface area contributed by atoms with Crippen molar-refractivity contribution in [3.8, 4) is 5.75 Å². The van der Waals surface area contributed by atoms with Crippen LogP contribution in [0.4, 0.5) is 0 Å². The predicted octanol–water partition coefficient (Wildman–Crippen LogP) is 3.75. The zero-order valence-electron chi connectivity index (χ0n) is 13.4. The molecule has 0 fully saturated rings. The molecule has 5 heteroatoms. The molecule has 1 aromatic heterocycles. The number of hydrogen-bond acceptors (Lipinski definition) is 5. The summed E-state index contributed by atoms with van der Waals surface area (Å²) in [6, 6.07) is 10.2. The third-order valence-electron chi connectivity index (χ3n) is 3.17. The Kier molecular flexibility index (Phi) is 6.34. The molecule has 1 heterocycles. The molecule has 0 aliphatic rings. The van der Waals surface area contributed by atoms with Crippen LogP contribution < -0.4 is 10.1 Å². The van der Waals surface area contributed by atoms with E-state index in [1.165, 1.54) is 5.56 Å². The summed E-state index contributed by atoms with van der Waals surface area (Å²) in [6.07, 6.45) is 2.08. The first-order chi connectivity index (χ1) is 10.5. The molecule has 2 rings (SSSR count). The van der Waals surface area contributed by atoms with Gasteiger partial charge in [-0.1, -0.05) is 17.3 Å². The number of aryl methyl sites for hydroxylation is 2. The fourth-order valence-corrected chi connectivity index (χ4v) is 2.40. The molecule has 0 bridgehead atoms. The maximum atomic E-state index is 5.72. The van der Waals surface area contributed by atoms with Gasteiger partial charge < -0.3 is 9.26 Å². The van der Waals surface area contributed by atoms with E-state index in [1.807, 2.05) is 39.0 Å². The van der Waals surface area contributed by atoms with Crippen LogP contribution in [0.1, 0.15) is 37.3 Å². The van der Waals surface area contributed by atoms with Crippen LogP contribution in [0.2, 0.25) is 0 Å². The third-order valence-corrected chi connectivity index (χ3v) is 3.61. The highest BCUT2D eigenvalue weighted by Crippen LogP contribution is 2.17. The van der Waals surface area contributed by atoms with Gasteiger partial charge in [0.15, 0.2) is 0 Å². The summed E-state index contributed by atoms with van der Waals surface area (Å²) in [4.78, 5) is 0. The summed E-state index contributed by atoms with van der Waals surface area (Å²) in [5, 5.41) is 7.41. The SMILES string of the molecule is Cc1cc(CNC(S)CCc2cccc(OC(C)C)c2)no1. The summed E-state index contributed by atoms with van der Waals surface area (Å²) in [6.45, 7) is 6.63. The Morgan fingerprint density at radius 2 is 2.14 bits per heavy atom. The molecule has 0 spiro atoms. The van der Waals surface area contributed by atoms with E-state index in [4.69, 9.17) is 9.26 Å². The van der Waals surface area contributed by atoms with Crippen molar-refractivity contribution in [1.82, 2.24) is 10.5 Å². The van der Waals surface area contributed by atoms with Crippen LogP contribution >= 0.6 is 12.6 Å². The van der Waals surface area contributed by atoms with E-state index in [0.29, 0.717) is 6.54 Å². The smallest absolute Gasteiger partial charge is 0.133 e. The zero-order chi connectivity index (χ0) is 15.9. The van der Waals surface area contributed by atoms with Crippen molar-refractivity contribution in [2.75, 3.05) is 0 Å². The highest BCUT2D eigenvalue weighted by Gasteiger charge is 2.06. The van der Waals surface area contributed by atoms with Crippen molar-refractivity contribution in [3.63, 3.8) is 0 Å². The van der Waals surface area contributed by atoms with Crippen LogP contribution in [0, 0.1) is 6.92 Å². The van der Waals surface area contributed by atoms with Crippen molar-refractivity contribution < 1.29 is 9.26 Å². The first kappa shape index (κ1) is 16.9. The minimum absolute atomic E-state index is 0.117. The number of thiol groups is 1. The van der Waals surface area contributed by atoms with E-state index >= 15 is 0 Å². The summed E-state index contributed by atoms with van der Waals surface area (Å²) in [7, 11) is 0. The molecule has 0 aliphatic carbocycles. The zero-order valence-corrected chi connectivity index (χ0v) is 14.3. The lowest BCUT2D eigenvalue weighted by Crippen LogP contribution is -2.24. The fourth-order valence-electron chi connectivity index (χ4n) is 2.18. The highest BCUT2D eigenvalue weighted by atomic mass is 32.1. The Balaban J connectivity index is 1.77. The number of benzene rings is 1. The van der Waals surface area contributed by atoms with Gasteiger partial charge in [-0.3, -0.25) is 5.32 Å². The Hall–Kier alpha value is -1.46. The largest absolute Gasteiger partial charge is 0.491 e. The second-order valence-corrected chi connectivity index (χ2v) is 6.30. The second-order valence-electron chi connectivity index (χ2n) is 5.68. The molecule has 0 saturated heterocycles. The number of hydrogen-bond donors (Lipinski definition) is 2. The van der Waals surface area contributed by atoms with Gasteiger partial charge in [-0.25, -0.2) is 0 Å². The van der Waals surface area contributed by atoms with E-state index in [0.717, 1.165) is 30.0 Å². The van der Waals surface area contributed by atoms with Crippen molar-refractivity contribution in [2.45, 2.75) is 51.6 Å². The van der Waals surface area contributed by atoms with E-state index in [1.54, 1.807) is 0 Å². The molecule has 0 radical (unpaired) electrons. The maximum absolute atomic E-state index is 5.72. The van der Waals surface area contributed by atoms with Gasteiger partial charge in [0.2, 0.25) is 0 Å². The normalized spacial score (nSPS) is 12.6. The van der Waals surface area contributed by atoms with Crippen LogP contribution in [0.3, 0.4) is 0 Å². The molecule has 1 aromatic carbocycles. The van der Waals surface area contributed by atoms with Gasteiger partial charge in [-0.05, 0) is 51.3 Å². The Morgan fingerprint density at radius 1 is 1.32 bits per heavy atom. The molecule has 120 valence electrons. The molecule has 1 N–H and O–H groups in total. The Bertz CT molecular complexity index is 584. The van der Waals surface area contributed by atoms with Crippen LogP contribution in [0.5, 0.6) is 5.75 Å². The van der Waals surface area contributed by atoms with Crippen LogP contribution in [0.25, 0.3) is 0 Å². The lowest BCUT2D eigenvalue weighted by Gasteiger charge is -2.13. The molecule has 0 saturated carbocycles. The van der Waals surface area contributed by atoms with Gasteiger partial charge in [0.25, 0.3) is 0 Å². The second kappa shape index (κ2) is 8.25. The molecular formula is C17H24N2O2S. The van der Waals surface area contributed by atoms with Gasteiger partial charge in [-0.2, -0.15) is 12.6 Å². The molecule has 22 heavy (non-hydrogen) atoms. The fraction of sp³-hybridized carbons (Fsp3) is 0.471. The molecule has 1 atom stereocenters. The lowest BCUT2D eigenvalue weighted by atomic mass is 10.1. The van der Waals surface area contributed by atoms with Crippen LogP contribution in [0.15, 0.2) is 34.9 Å². The van der Waals surface area contributed by atoms with Crippen molar-refractivity contribution in [2.24, 2.45) is 0 Å². The first-order valence-corrected chi connectivity index (χ1v) is 8.14. The summed E-state index contributed by atoms with van der Waals surface area (Å²) in [5.74, 6) is 1.75. The Labute approximate surface area is 137 Å². The number of rotatable bonds is 8. The van der Waals surface area contributed by atoms with Gasteiger partial charge in [0, 0.05) is 12.6 Å². The maximum Gasteiger partial charge on any atom is 0.133 e. The molecule has 4 nitrogen and oxygen atoms in total. The van der Waals surface area contributed by atoms with Crippen LogP contribution in [-0.4, -0.2) is 16.6 Å². The topological polar surface area (TPSA) is 47.3 Å². The van der Waals surface area contributed by atoms with E-state index in [-0.39, 0.29) is 11.5 Å². The number of ether oxygens (including phenoxy) is 1. The van der Waals surface area contributed by atoms with Gasteiger partial charge in [0.05, 0.1) is 17.2 Å². The summed E-state index contributed by atoms with van der Waals surface area (Å²) in [5.41, 5.74) is 2.17. The molecular weight excluding hydrogens is 296 g/mol. The predicted molar refractivity (Wildman–Crippen MR) is 91.4 cm³/mol.